The Morgan fingerprint density at radius 1 is 0.875 bits per heavy atom. The summed E-state index contributed by atoms with van der Waals surface area (Å²) in [5.74, 6) is 1.42. The highest BCUT2D eigenvalue weighted by Crippen LogP contribution is 2.24. The Labute approximate surface area is 145 Å². The molecule has 5 nitrogen and oxygen atoms in total. The molecule has 0 amide bonds. The van der Waals surface area contributed by atoms with E-state index in [9.17, 15) is 8.42 Å². The van der Waals surface area contributed by atoms with E-state index < -0.39 is 10.0 Å². The summed E-state index contributed by atoms with van der Waals surface area (Å²) < 4.78 is 27.1. The van der Waals surface area contributed by atoms with Crippen LogP contribution in [0.5, 0.6) is 0 Å². The van der Waals surface area contributed by atoms with Gasteiger partial charge in [0, 0.05) is 23.0 Å². The second-order valence-electron chi connectivity index (χ2n) is 4.90. The van der Waals surface area contributed by atoms with Gasteiger partial charge in [0.2, 0.25) is 0 Å². The molecule has 2 aromatic carbocycles. The summed E-state index contributed by atoms with van der Waals surface area (Å²) in [5, 5.41) is 0. The molecule has 0 spiro atoms. The Morgan fingerprint density at radius 2 is 1.54 bits per heavy atom. The highest BCUT2D eigenvalue weighted by atomic mass is 32.2. The van der Waals surface area contributed by atoms with Gasteiger partial charge in [-0.3, -0.25) is 4.72 Å². The third-order valence-corrected chi connectivity index (χ3v) is 5.55. The number of hydrogen-bond donors (Lipinski definition) is 1. The molecule has 0 radical (unpaired) electrons. The molecule has 0 aliphatic heterocycles. The summed E-state index contributed by atoms with van der Waals surface area (Å²) in [6.07, 6.45) is 3.43. The number of rotatable bonds is 6. The van der Waals surface area contributed by atoms with Crippen molar-refractivity contribution in [3.05, 3.63) is 78.9 Å². The first-order chi connectivity index (χ1) is 11.6. The van der Waals surface area contributed by atoms with Crippen LogP contribution in [0.4, 0.5) is 5.69 Å². The van der Waals surface area contributed by atoms with Crippen molar-refractivity contribution in [2.75, 3.05) is 4.72 Å². The van der Waals surface area contributed by atoms with Crippen molar-refractivity contribution in [1.29, 1.82) is 0 Å². The number of thioether (sulfide) groups is 1. The van der Waals surface area contributed by atoms with E-state index in [-0.39, 0.29) is 4.90 Å². The maximum Gasteiger partial charge on any atom is 0.261 e. The first-order valence-electron chi connectivity index (χ1n) is 7.20. The zero-order chi connectivity index (χ0) is 16.8. The molecular weight excluding hydrogens is 342 g/mol. The number of anilines is 1. The van der Waals surface area contributed by atoms with E-state index in [0.717, 1.165) is 10.7 Å². The van der Waals surface area contributed by atoms with Crippen LogP contribution in [0.15, 0.2) is 82.8 Å². The molecule has 7 heteroatoms. The fourth-order valence-electron chi connectivity index (χ4n) is 1.99. The van der Waals surface area contributed by atoms with Crippen LogP contribution in [0.1, 0.15) is 5.82 Å². The standard InChI is InChI=1S/C17H15N3O2S2/c21-24(22,16-5-2-1-3-6-16)20-14-7-9-15(10-8-14)23-13-17-18-11-4-12-19-17/h1-12,20H,13H2. The van der Waals surface area contributed by atoms with Crippen molar-refractivity contribution in [3.63, 3.8) is 0 Å². The van der Waals surface area contributed by atoms with Crippen LogP contribution in [0.3, 0.4) is 0 Å². The number of sulfonamides is 1. The van der Waals surface area contributed by atoms with Gasteiger partial charge in [-0.05, 0) is 42.5 Å². The molecule has 0 unspecified atom stereocenters. The molecule has 0 bridgehead atoms. The number of hydrogen-bond acceptors (Lipinski definition) is 5. The maximum absolute atomic E-state index is 12.3. The van der Waals surface area contributed by atoms with E-state index in [2.05, 4.69) is 14.7 Å². The highest BCUT2D eigenvalue weighted by Gasteiger charge is 2.13. The molecule has 1 heterocycles. The van der Waals surface area contributed by atoms with Gasteiger partial charge < -0.3 is 0 Å². The average molecular weight is 357 g/mol. The lowest BCUT2D eigenvalue weighted by atomic mass is 10.3. The van der Waals surface area contributed by atoms with E-state index in [0.29, 0.717) is 11.4 Å². The van der Waals surface area contributed by atoms with Crippen LogP contribution in [-0.2, 0) is 15.8 Å². The van der Waals surface area contributed by atoms with Gasteiger partial charge >= 0.3 is 0 Å². The van der Waals surface area contributed by atoms with Crippen LogP contribution in [-0.4, -0.2) is 18.4 Å². The lowest BCUT2D eigenvalue weighted by molar-refractivity contribution is 0.601. The van der Waals surface area contributed by atoms with E-state index in [1.807, 2.05) is 12.1 Å². The summed E-state index contributed by atoms with van der Waals surface area (Å²) in [4.78, 5) is 9.60. The summed E-state index contributed by atoms with van der Waals surface area (Å²) in [5.41, 5.74) is 0.527. The van der Waals surface area contributed by atoms with Crippen molar-refractivity contribution in [2.24, 2.45) is 0 Å². The van der Waals surface area contributed by atoms with Crippen LogP contribution < -0.4 is 4.72 Å². The molecule has 3 aromatic rings. The molecule has 1 aromatic heterocycles. The van der Waals surface area contributed by atoms with Gasteiger partial charge in [0.05, 0.1) is 10.6 Å². The molecule has 0 saturated heterocycles. The van der Waals surface area contributed by atoms with Gasteiger partial charge in [0.25, 0.3) is 10.0 Å². The van der Waals surface area contributed by atoms with Crippen LogP contribution in [0.2, 0.25) is 0 Å². The normalized spacial score (nSPS) is 11.2. The van der Waals surface area contributed by atoms with E-state index in [1.165, 1.54) is 0 Å². The predicted molar refractivity (Wildman–Crippen MR) is 95.3 cm³/mol. The smallest absolute Gasteiger partial charge is 0.261 e. The molecule has 3 rings (SSSR count). The second-order valence-corrected chi connectivity index (χ2v) is 7.63. The minimum atomic E-state index is -3.56. The zero-order valence-corrected chi connectivity index (χ0v) is 14.3. The van der Waals surface area contributed by atoms with Crippen molar-refractivity contribution < 1.29 is 8.42 Å². The largest absolute Gasteiger partial charge is 0.280 e. The lowest BCUT2D eigenvalue weighted by Gasteiger charge is -2.08. The molecule has 0 aliphatic carbocycles. The monoisotopic (exact) mass is 357 g/mol. The molecule has 0 saturated carbocycles. The van der Waals surface area contributed by atoms with Gasteiger partial charge in [-0.1, -0.05) is 18.2 Å². The van der Waals surface area contributed by atoms with Crippen LogP contribution in [0.25, 0.3) is 0 Å². The van der Waals surface area contributed by atoms with Gasteiger partial charge in [0.15, 0.2) is 0 Å². The molecule has 0 fully saturated rings. The van der Waals surface area contributed by atoms with Gasteiger partial charge in [-0.25, -0.2) is 18.4 Å². The van der Waals surface area contributed by atoms with Gasteiger partial charge in [-0.2, -0.15) is 0 Å². The Bertz CT molecular complexity index is 884. The third kappa shape index (κ3) is 4.33. The fraction of sp³-hybridized carbons (Fsp3) is 0.0588. The quantitative estimate of drug-likeness (QED) is 0.683. The van der Waals surface area contributed by atoms with E-state index in [1.54, 1.807) is 72.7 Å². The Balaban J connectivity index is 1.64. The van der Waals surface area contributed by atoms with Crippen LogP contribution >= 0.6 is 11.8 Å². The van der Waals surface area contributed by atoms with Crippen molar-refractivity contribution >= 4 is 27.5 Å². The summed E-state index contributed by atoms with van der Waals surface area (Å²) in [6, 6.07) is 17.3. The summed E-state index contributed by atoms with van der Waals surface area (Å²) >= 11 is 1.59. The minimum Gasteiger partial charge on any atom is -0.280 e. The van der Waals surface area contributed by atoms with E-state index >= 15 is 0 Å². The predicted octanol–water partition coefficient (Wildman–Crippen LogP) is 3.57. The molecule has 1 N–H and O–H groups in total. The Hall–Kier alpha value is -2.38. The molecular formula is C17H15N3O2S2. The molecule has 0 aliphatic rings. The highest BCUT2D eigenvalue weighted by molar-refractivity contribution is 7.98. The summed E-state index contributed by atoms with van der Waals surface area (Å²) in [6.45, 7) is 0. The Kier molecular flexibility index (Phi) is 5.12. The van der Waals surface area contributed by atoms with Crippen molar-refractivity contribution in [3.8, 4) is 0 Å². The number of nitrogens with one attached hydrogen (secondary N) is 1. The SMILES string of the molecule is O=S(=O)(Nc1ccc(SCc2ncccn2)cc1)c1ccccc1. The van der Waals surface area contributed by atoms with Crippen molar-refractivity contribution in [1.82, 2.24) is 9.97 Å². The molecule has 0 atom stereocenters. The first-order valence-corrected chi connectivity index (χ1v) is 9.67. The third-order valence-electron chi connectivity index (χ3n) is 3.15. The average Bonchev–Trinajstić information content (AvgIpc) is 2.62. The Morgan fingerprint density at radius 3 is 2.21 bits per heavy atom. The number of aromatic nitrogens is 2. The fourth-order valence-corrected chi connectivity index (χ4v) is 3.84. The van der Waals surface area contributed by atoms with Crippen molar-refractivity contribution in [2.45, 2.75) is 15.5 Å². The van der Waals surface area contributed by atoms with E-state index in [4.69, 9.17) is 0 Å². The topological polar surface area (TPSA) is 72.0 Å². The zero-order valence-electron chi connectivity index (χ0n) is 12.7. The van der Waals surface area contributed by atoms with Crippen LogP contribution in [0, 0.1) is 0 Å². The lowest BCUT2D eigenvalue weighted by Crippen LogP contribution is -2.12. The second kappa shape index (κ2) is 7.46. The van der Waals surface area contributed by atoms with Gasteiger partial charge in [-0.15, -0.1) is 11.8 Å². The number of nitrogens with zero attached hydrogens (tertiary/aromatic N) is 2. The summed E-state index contributed by atoms with van der Waals surface area (Å²) in [7, 11) is -3.56. The minimum absolute atomic E-state index is 0.240. The molecule has 24 heavy (non-hydrogen) atoms. The van der Waals surface area contributed by atoms with Gasteiger partial charge in [0.1, 0.15) is 5.82 Å². The number of benzene rings is 2. The first kappa shape index (κ1) is 16.5. The maximum atomic E-state index is 12.3. The molecule has 122 valence electrons.